The number of hydrogen-bond donors (Lipinski definition) is 1. The summed E-state index contributed by atoms with van der Waals surface area (Å²) in [6.45, 7) is 1.58. The van der Waals surface area contributed by atoms with Crippen LogP contribution in [0.15, 0.2) is 36.4 Å². The lowest BCUT2D eigenvalue weighted by molar-refractivity contribution is -0.384. The predicted molar refractivity (Wildman–Crippen MR) is 110 cm³/mol. The zero-order valence-corrected chi connectivity index (χ0v) is 16.4. The van der Waals surface area contributed by atoms with Crippen LogP contribution in [0.25, 0.3) is 0 Å². The fraction of sp³-hybridized carbons (Fsp3) is 0.350. The molecule has 1 heterocycles. The number of hydrogen-bond acceptors (Lipinski definition) is 5. The molecule has 0 aromatic heterocycles. The fourth-order valence-electron chi connectivity index (χ4n) is 3.34. The van der Waals surface area contributed by atoms with E-state index in [4.69, 9.17) is 16.3 Å². The number of carbonyl (C=O) groups excluding carboxylic acids is 1. The van der Waals surface area contributed by atoms with Crippen molar-refractivity contribution in [3.05, 3.63) is 57.1 Å². The average Bonchev–Trinajstić information content (AvgIpc) is 2.97. The van der Waals surface area contributed by atoms with E-state index in [1.165, 1.54) is 13.2 Å². The first-order chi connectivity index (χ1) is 13.5. The maximum Gasteiger partial charge on any atom is 0.293 e. The number of nitrogens with zero attached hydrogens (tertiary/aromatic N) is 2. The summed E-state index contributed by atoms with van der Waals surface area (Å²) in [7, 11) is 1.50. The minimum atomic E-state index is -0.438. The fourth-order valence-corrected chi connectivity index (χ4v) is 3.59. The van der Waals surface area contributed by atoms with Gasteiger partial charge in [-0.15, -0.1) is 0 Å². The van der Waals surface area contributed by atoms with Crippen LogP contribution in [0.5, 0.6) is 5.75 Å². The Morgan fingerprint density at radius 3 is 2.46 bits per heavy atom. The van der Waals surface area contributed by atoms with Crippen molar-refractivity contribution in [2.75, 3.05) is 30.4 Å². The number of methoxy groups -OCH3 is 1. The van der Waals surface area contributed by atoms with E-state index in [0.29, 0.717) is 22.1 Å². The number of anilines is 2. The summed E-state index contributed by atoms with van der Waals surface area (Å²) < 4.78 is 5.09. The van der Waals surface area contributed by atoms with Gasteiger partial charge in [-0.1, -0.05) is 24.4 Å². The Morgan fingerprint density at radius 1 is 1.14 bits per heavy atom. The molecule has 3 rings (SSSR count). The van der Waals surface area contributed by atoms with E-state index in [2.05, 4.69) is 5.32 Å². The molecule has 0 atom stereocenters. The molecule has 0 unspecified atom stereocenters. The first-order valence-corrected chi connectivity index (χ1v) is 9.55. The Morgan fingerprint density at radius 2 is 1.86 bits per heavy atom. The van der Waals surface area contributed by atoms with Gasteiger partial charge in [-0.3, -0.25) is 14.9 Å². The molecule has 0 saturated carbocycles. The summed E-state index contributed by atoms with van der Waals surface area (Å²) in [5, 5.41) is 14.7. The van der Waals surface area contributed by atoms with Crippen LogP contribution in [0, 0.1) is 10.1 Å². The molecule has 7 nitrogen and oxygen atoms in total. The lowest BCUT2D eigenvalue weighted by Crippen LogP contribution is -2.25. The van der Waals surface area contributed by atoms with Crippen molar-refractivity contribution in [1.82, 2.24) is 0 Å². The summed E-state index contributed by atoms with van der Waals surface area (Å²) in [5.41, 5.74) is 1.21. The van der Waals surface area contributed by atoms with Crippen molar-refractivity contribution in [3.8, 4) is 5.75 Å². The van der Waals surface area contributed by atoms with Crippen molar-refractivity contribution in [3.63, 3.8) is 0 Å². The van der Waals surface area contributed by atoms with Crippen LogP contribution in [-0.4, -0.2) is 31.0 Å². The van der Waals surface area contributed by atoms with Crippen molar-refractivity contribution in [2.45, 2.75) is 25.7 Å². The summed E-state index contributed by atoms with van der Waals surface area (Å²) in [6, 6.07) is 9.48. The Hall–Kier alpha value is -2.80. The van der Waals surface area contributed by atoms with E-state index in [-0.39, 0.29) is 11.3 Å². The maximum absolute atomic E-state index is 12.6. The van der Waals surface area contributed by atoms with Crippen LogP contribution < -0.4 is 15.0 Å². The van der Waals surface area contributed by atoms with Gasteiger partial charge in [0, 0.05) is 30.4 Å². The van der Waals surface area contributed by atoms with E-state index in [9.17, 15) is 14.9 Å². The van der Waals surface area contributed by atoms with Crippen LogP contribution >= 0.6 is 11.6 Å². The second kappa shape index (κ2) is 8.93. The predicted octanol–water partition coefficient (Wildman–Crippen LogP) is 4.89. The Labute approximate surface area is 168 Å². The number of nitro benzene ring substituents is 1. The highest BCUT2D eigenvalue weighted by Crippen LogP contribution is 2.32. The minimum Gasteiger partial charge on any atom is -0.495 e. The molecule has 2 aromatic carbocycles. The second-order valence-corrected chi connectivity index (χ2v) is 7.07. The average molecular weight is 404 g/mol. The normalized spacial score (nSPS) is 14.3. The number of amides is 1. The van der Waals surface area contributed by atoms with Gasteiger partial charge in [0.15, 0.2) is 0 Å². The number of rotatable bonds is 5. The molecule has 1 amide bonds. The highest BCUT2D eigenvalue weighted by molar-refractivity contribution is 6.32. The summed E-state index contributed by atoms with van der Waals surface area (Å²) >= 11 is 6.07. The third-order valence-corrected chi connectivity index (χ3v) is 5.09. The highest BCUT2D eigenvalue weighted by atomic mass is 35.5. The molecular weight excluding hydrogens is 382 g/mol. The molecule has 2 aromatic rings. The molecule has 28 heavy (non-hydrogen) atoms. The molecule has 1 aliphatic rings. The molecule has 0 bridgehead atoms. The van der Waals surface area contributed by atoms with Crippen LogP contribution in [0.4, 0.5) is 17.1 Å². The number of nitro groups is 1. The summed E-state index contributed by atoms with van der Waals surface area (Å²) in [4.78, 5) is 25.8. The number of halogens is 1. The van der Waals surface area contributed by atoms with Gasteiger partial charge in [0.2, 0.25) is 0 Å². The van der Waals surface area contributed by atoms with E-state index >= 15 is 0 Å². The third kappa shape index (κ3) is 4.54. The zero-order valence-electron chi connectivity index (χ0n) is 15.6. The molecule has 1 N–H and O–H groups in total. The van der Waals surface area contributed by atoms with Crippen molar-refractivity contribution < 1.29 is 14.5 Å². The quantitative estimate of drug-likeness (QED) is 0.567. The number of carbonyl (C=O) groups is 1. The molecular formula is C20H22ClN3O4. The summed E-state index contributed by atoms with van der Waals surface area (Å²) in [5.74, 6) is 0.0591. The molecule has 0 spiro atoms. The topological polar surface area (TPSA) is 84.7 Å². The van der Waals surface area contributed by atoms with Gasteiger partial charge in [0.25, 0.3) is 11.6 Å². The van der Waals surface area contributed by atoms with Gasteiger partial charge in [0.05, 0.1) is 17.1 Å². The first-order valence-electron chi connectivity index (χ1n) is 9.18. The molecule has 8 heteroatoms. The SMILES string of the molecule is COc1ccc(NC(=O)c2ccc(N3CCCCCC3)c([N+](=O)[O-])c2)cc1Cl. The monoisotopic (exact) mass is 403 g/mol. The Bertz CT molecular complexity index is 880. The zero-order chi connectivity index (χ0) is 20.1. The minimum absolute atomic E-state index is 0.0534. The lowest BCUT2D eigenvalue weighted by atomic mass is 10.1. The van der Waals surface area contributed by atoms with E-state index in [1.807, 2.05) is 4.90 Å². The molecule has 1 saturated heterocycles. The van der Waals surface area contributed by atoms with Crippen LogP contribution in [0.2, 0.25) is 5.02 Å². The maximum atomic E-state index is 12.6. The summed E-state index contributed by atoms with van der Waals surface area (Å²) in [6.07, 6.45) is 4.29. The van der Waals surface area contributed by atoms with Crippen LogP contribution in [-0.2, 0) is 0 Å². The van der Waals surface area contributed by atoms with Gasteiger partial charge in [-0.25, -0.2) is 0 Å². The molecule has 148 valence electrons. The van der Waals surface area contributed by atoms with Crippen LogP contribution in [0.1, 0.15) is 36.0 Å². The van der Waals surface area contributed by atoms with Crippen molar-refractivity contribution in [1.29, 1.82) is 0 Å². The van der Waals surface area contributed by atoms with Crippen molar-refractivity contribution >= 4 is 34.6 Å². The number of benzene rings is 2. The van der Waals surface area contributed by atoms with Gasteiger partial charge >= 0.3 is 0 Å². The van der Waals surface area contributed by atoms with Gasteiger partial charge in [-0.05, 0) is 43.2 Å². The standard InChI is InChI=1S/C20H22ClN3O4/c1-28-19-9-7-15(13-16(19)21)22-20(25)14-6-8-17(18(12-14)24(26)27)23-10-4-2-3-5-11-23/h6-9,12-13H,2-5,10-11H2,1H3,(H,22,25). The van der Waals surface area contributed by atoms with Gasteiger partial charge in [-0.2, -0.15) is 0 Å². The first kappa shape index (κ1) is 19.9. The van der Waals surface area contributed by atoms with Gasteiger partial charge < -0.3 is 15.0 Å². The molecule has 0 aliphatic carbocycles. The van der Waals surface area contributed by atoms with E-state index in [0.717, 1.165) is 38.8 Å². The van der Waals surface area contributed by atoms with E-state index in [1.54, 1.807) is 30.3 Å². The Kier molecular flexibility index (Phi) is 6.36. The molecule has 1 fully saturated rings. The molecule has 0 radical (unpaired) electrons. The lowest BCUT2D eigenvalue weighted by Gasteiger charge is -2.22. The second-order valence-electron chi connectivity index (χ2n) is 6.67. The van der Waals surface area contributed by atoms with Gasteiger partial charge in [0.1, 0.15) is 11.4 Å². The third-order valence-electron chi connectivity index (χ3n) is 4.79. The Balaban J connectivity index is 1.83. The van der Waals surface area contributed by atoms with Crippen LogP contribution in [0.3, 0.4) is 0 Å². The highest BCUT2D eigenvalue weighted by Gasteiger charge is 2.22. The smallest absolute Gasteiger partial charge is 0.293 e. The van der Waals surface area contributed by atoms with Crippen molar-refractivity contribution in [2.24, 2.45) is 0 Å². The molecule has 1 aliphatic heterocycles. The number of nitrogens with one attached hydrogen (secondary N) is 1. The number of ether oxygens (including phenoxy) is 1. The van der Waals surface area contributed by atoms with E-state index < -0.39 is 10.8 Å². The largest absolute Gasteiger partial charge is 0.495 e.